The van der Waals surface area contributed by atoms with Crippen LogP contribution in [0.5, 0.6) is 0 Å². The molecule has 0 bridgehead atoms. The summed E-state index contributed by atoms with van der Waals surface area (Å²) < 4.78 is 33.3. The molecule has 158 valence electrons. The van der Waals surface area contributed by atoms with Crippen molar-refractivity contribution < 1.29 is 18.3 Å². The maximum atomic E-state index is 13.3. The van der Waals surface area contributed by atoms with Gasteiger partial charge in [0.1, 0.15) is 0 Å². The maximum Gasteiger partial charge on any atom is 0.243 e. The molecule has 0 unspecified atom stereocenters. The molecule has 3 rings (SSSR count). The molecule has 1 heterocycles. The first kappa shape index (κ1) is 22.3. The van der Waals surface area contributed by atoms with Crippen LogP contribution in [0.15, 0.2) is 47.4 Å². The normalized spacial score (nSPS) is 19.4. The number of aliphatic hydroxyl groups is 1. The molecule has 0 radical (unpaired) electrons. The van der Waals surface area contributed by atoms with Crippen molar-refractivity contribution in [3.63, 3.8) is 0 Å². The SMILES string of the molecule is C[C@H](CO)N(CCN1CCOCC1)S(=O)(=O)c1ccc(C2=CC=CCC2=S)cc1. The van der Waals surface area contributed by atoms with Gasteiger partial charge < -0.3 is 9.84 Å². The van der Waals surface area contributed by atoms with Gasteiger partial charge in [0.15, 0.2) is 0 Å². The van der Waals surface area contributed by atoms with Crippen molar-refractivity contribution in [1.29, 1.82) is 0 Å². The van der Waals surface area contributed by atoms with E-state index < -0.39 is 16.1 Å². The average Bonchev–Trinajstić information content (AvgIpc) is 2.74. The zero-order valence-corrected chi connectivity index (χ0v) is 18.3. The molecule has 0 amide bonds. The number of aliphatic hydroxyl groups excluding tert-OH is 1. The molecule has 0 spiro atoms. The minimum atomic E-state index is -3.73. The summed E-state index contributed by atoms with van der Waals surface area (Å²) in [7, 11) is -3.73. The largest absolute Gasteiger partial charge is 0.395 e. The number of morpholine rings is 1. The lowest BCUT2D eigenvalue weighted by Gasteiger charge is -2.32. The van der Waals surface area contributed by atoms with Crippen LogP contribution in [0, 0.1) is 0 Å². The summed E-state index contributed by atoms with van der Waals surface area (Å²) in [6, 6.07) is 6.35. The number of allylic oxidation sites excluding steroid dienone is 4. The van der Waals surface area contributed by atoms with E-state index in [9.17, 15) is 13.5 Å². The van der Waals surface area contributed by atoms with Crippen molar-refractivity contribution in [3.8, 4) is 0 Å². The topological polar surface area (TPSA) is 70.1 Å². The smallest absolute Gasteiger partial charge is 0.243 e. The third-order valence-corrected chi connectivity index (χ3v) is 7.69. The van der Waals surface area contributed by atoms with E-state index in [4.69, 9.17) is 17.0 Å². The molecule has 2 aliphatic rings. The van der Waals surface area contributed by atoms with Gasteiger partial charge in [0.05, 0.1) is 24.7 Å². The molecule has 0 saturated carbocycles. The summed E-state index contributed by atoms with van der Waals surface area (Å²) in [4.78, 5) is 3.26. The van der Waals surface area contributed by atoms with Crippen molar-refractivity contribution in [2.75, 3.05) is 46.0 Å². The van der Waals surface area contributed by atoms with Crippen molar-refractivity contribution >= 4 is 32.7 Å². The lowest BCUT2D eigenvalue weighted by atomic mass is 9.97. The maximum absolute atomic E-state index is 13.3. The van der Waals surface area contributed by atoms with Crippen LogP contribution in [-0.2, 0) is 14.8 Å². The van der Waals surface area contributed by atoms with Crippen LogP contribution in [0.4, 0.5) is 0 Å². The number of benzene rings is 1. The highest BCUT2D eigenvalue weighted by Gasteiger charge is 2.29. The number of thiocarbonyl (C=S) groups is 1. The molecule has 1 N–H and O–H groups in total. The minimum absolute atomic E-state index is 0.224. The first-order valence-electron chi connectivity index (χ1n) is 9.86. The van der Waals surface area contributed by atoms with Crippen LogP contribution in [0.25, 0.3) is 5.57 Å². The van der Waals surface area contributed by atoms with E-state index in [0.717, 1.165) is 35.5 Å². The Balaban J connectivity index is 1.78. The molecule has 1 aliphatic heterocycles. The molecule has 6 nitrogen and oxygen atoms in total. The van der Waals surface area contributed by atoms with Gasteiger partial charge in [0.25, 0.3) is 0 Å². The van der Waals surface area contributed by atoms with Crippen molar-refractivity contribution in [2.45, 2.75) is 24.3 Å². The average molecular weight is 437 g/mol. The quantitative estimate of drug-likeness (QED) is 0.630. The summed E-state index contributed by atoms with van der Waals surface area (Å²) in [5, 5.41) is 9.63. The summed E-state index contributed by atoms with van der Waals surface area (Å²) >= 11 is 5.42. The lowest BCUT2D eigenvalue weighted by molar-refractivity contribution is 0.0346. The Bertz CT molecular complexity index is 872. The lowest BCUT2D eigenvalue weighted by Crippen LogP contribution is -2.47. The van der Waals surface area contributed by atoms with E-state index in [1.807, 2.05) is 18.2 Å². The van der Waals surface area contributed by atoms with Crippen LogP contribution < -0.4 is 0 Å². The van der Waals surface area contributed by atoms with E-state index in [2.05, 4.69) is 4.90 Å². The molecule has 1 aliphatic carbocycles. The zero-order chi connectivity index (χ0) is 20.9. The van der Waals surface area contributed by atoms with E-state index in [1.165, 1.54) is 4.31 Å². The molecule has 1 saturated heterocycles. The molecule has 29 heavy (non-hydrogen) atoms. The molecule has 0 aromatic heterocycles. The molecule has 1 fully saturated rings. The van der Waals surface area contributed by atoms with E-state index in [-0.39, 0.29) is 11.5 Å². The van der Waals surface area contributed by atoms with Gasteiger partial charge in [-0.1, -0.05) is 42.6 Å². The number of rotatable bonds is 8. The number of ether oxygens (including phenoxy) is 1. The second-order valence-corrected chi connectivity index (χ2v) is 9.64. The Morgan fingerprint density at radius 3 is 2.55 bits per heavy atom. The Morgan fingerprint density at radius 1 is 1.24 bits per heavy atom. The standard InChI is InChI=1S/C21H28N2O4S2/c1-17(16-24)23(11-10-22-12-14-27-15-13-22)29(25,26)19-8-6-18(7-9-19)20-4-2-3-5-21(20)28/h2-4,6-9,17,24H,5,10-16H2,1H3/t17-/m1/s1. The molecular weight excluding hydrogens is 408 g/mol. The molecule has 1 aromatic rings. The number of hydrogen-bond donors (Lipinski definition) is 1. The van der Waals surface area contributed by atoms with Gasteiger partial charge in [-0.25, -0.2) is 8.42 Å². The van der Waals surface area contributed by atoms with Crippen molar-refractivity contribution in [1.82, 2.24) is 9.21 Å². The van der Waals surface area contributed by atoms with Crippen LogP contribution in [0.2, 0.25) is 0 Å². The second-order valence-electron chi connectivity index (χ2n) is 7.26. The van der Waals surface area contributed by atoms with Crippen molar-refractivity contribution in [3.05, 3.63) is 48.1 Å². The van der Waals surface area contributed by atoms with Gasteiger partial charge in [-0.3, -0.25) is 4.90 Å². The van der Waals surface area contributed by atoms with Gasteiger partial charge in [0, 0.05) is 43.5 Å². The monoisotopic (exact) mass is 436 g/mol. The van der Waals surface area contributed by atoms with E-state index in [0.29, 0.717) is 26.3 Å². The highest BCUT2D eigenvalue weighted by Crippen LogP contribution is 2.25. The predicted molar refractivity (Wildman–Crippen MR) is 118 cm³/mol. The Labute approximate surface area is 178 Å². The fourth-order valence-corrected chi connectivity index (χ4v) is 5.37. The van der Waals surface area contributed by atoms with Crippen LogP contribution >= 0.6 is 12.2 Å². The first-order valence-corrected chi connectivity index (χ1v) is 11.7. The van der Waals surface area contributed by atoms with Gasteiger partial charge in [-0.2, -0.15) is 4.31 Å². The molecule has 1 atom stereocenters. The summed E-state index contributed by atoms with van der Waals surface area (Å²) in [6.07, 6.45) is 6.65. The van der Waals surface area contributed by atoms with Crippen molar-refractivity contribution in [2.24, 2.45) is 0 Å². The Kier molecular flexibility index (Phi) is 7.72. The highest BCUT2D eigenvalue weighted by molar-refractivity contribution is 7.89. The minimum Gasteiger partial charge on any atom is -0.395 e. The van der Waals surface area contributed by atoms with Crippen LogP contribution in [0.1, 0.15) is 18.9 Å². The third-order valence-electron chi connectivity index (χ3n) is 5.27. The zero-order valence-electron chi connectivity index (χ0n) is 16.7. The second kappa shape index (κ2) is 10.1. The fourth-order valence-electron chi connectivity index (χ4n) is 3.47. The molecule has 1 aromatic carbocycles. The van der Waals surface area contributed by atoms with Gasteiger partial charge in [0.2, 0.25) is 10.0 Å². The summed E-state index contributed by atoms with van der Waals surface area (Å²) in [6.45, 7) is 5.34. The fraction of sp³-hybridized carbons (Fsp3) is 0.476. The highest BCUT2D eigenvalue weighted by atomic mass is 32.2. The van der Waals surface area contributed by atoms with E-state index >= 15 is 0 Å². The summed E-state index contributed by atoms with van der Waals surface area (Å²) in [5.74, 6) is 0. The van der Waals surface area contributed by atoms with Crippen LogP contribution in [0.3, 0.4) is 0 Å². The van der Waals surface area contributed by atoms with Gasteiger partial charge >= 0.3 is 0 Å². The Morgan fingerprint density at radius 2 is 1.93 bits per heavy atom. The number of hydrogen-bond acceptors (Lipinski definition) is 6. The van der Waals surface area contributed by atoms with Gasteiger partial charge in [-0.15, -0.1) is 0 Å². The Hall–Kier alpha value is -1.42. The summed E-state index contributed by atoms with van der Waals surface area (Å²) in [5.41, 5.74) is 1.87. The first-order chi connectivity index (χ1) is 13.9. The molecule has 8 heteroatoms. The third kappa shape index (κ3) is 5.39. The van der Waals surface area contributed by atoms with Crippen LogP contribution in [-0.4, -0.2) is 79.6 Å². The number of nitrogens with zero attached hydrogens (tertiary/aromatic N) is 2. The van der Waals surface area contributed by atoms with E-state index in [1.54, 1.807) is 31.2 Å². The number of sulfonamides is 1. The molecular formula is C21H28N2O4S2. The van der Waals surface area contributed by atoms with Gasteiger partial charge in [-0.05, 0) is 30.2 Å². The predicted octanol–water partition coefficient (Wildman–Crippen LogP) is 2.10.